The lowest BCUT2D eigenvalue weighted by Crippen LogP contribution is -2.38. The van der Waals surface area contributed by atoms with E-state index in [1.165, 1.54) is 11.8 Å². The number of pyridine rings is 1. The Morgan fingerprint density at radius 2 is 2.09 bits per heavy atom. The van der Waals surface area contributed by atoms with Crippen LogP contribution >= 0.6 is 27.7 Å². The summed E-state index contributed by atoms with van der Waals surface area (Å²) in [5.41, 5.74) is 0.672. The quantitative estimate of drug-likeness (QED) is 0.752. The summed E-state index contributed by atoms with van der Waals surface area (Å²) in [5, 5.41) is 7.11. The average molecular weight is 394 g/mol. The molecule has 0 spiro atoms. The highest BCUT2D eigenvalue weighted by Gasteiger charge is 2.13. The van der Waals surface area contributed by atoms with Crippen molar-refractivity contribution in [2.45, 2.75) is 29.8 Å². The minimum Gasteiger partial charge on any atom is -0.350 e. The smallest absolute Gasteiger partial charge is 0.252 e. The second-order valence-electron chi connectivity index (χ2n) is 5.08. The Labute approximate surface area is 149 Å². The lowest BCUT2D eigenvalue weighted by atomic mass is 10.2. The van der Waals surface area contributed by atoms with Crippen LogP contribution < -0.4 is 10.6 Å². The van der Waals surface area contributed by atoms with Gasteiger partial charge < -0.3 is 10.6 Å². The summed E-state index contributed by atoms with van der Waals surface area (Å²) in [6, 6.07) is 11.7. The second kappa shape index (κ2) is 9.05. The molecule has 0 aliphatic heterocycles. The number of hydrogen-bond donors (Lipinski definition) is 2. The minimum absolute atomic E-state index is 0.0602. The van der Waals surface area contributed by atoms with E-state index in [4.69, 9.17) is 0 Å². The van der Waals surface area contributed by atoms with Gasteiger partial charge in [0, 0.05) is 28.2 Å². The molecular formula is C17H20BrN3OS. The zero-order chi connectivity index (χ0) is 16.7. The molecule has 2 N–H and O–H groups in total. The molecule has 6 heteroatoms. The summed E-state index contributed by atoms with van der Waals surface area (Å²) in [6.07, 6.45) is 1.75. The normalized spacial score (nSPS) is 12.0. The summed E-state index contributed by atoms with van der Waals surface area (Å²) < 4.78 is 0.935. The summed E-state index contributed by atoms with van der Waals surface area (Å²) in [7, 11) is 0. The molecule has 0 bridgehead atoms. The van der Waals surface area contributed by atoms with Gasteiger partial charge in [0.25, 0.3) is 5.91 Å². The third-order valence-corrected chi connectivity index (χ3v) is 4.66. The first-order valence-corrected chi connectivity index (χ1v) is 9.11. The van der Waals surface area contributed by atoms with Gasteiger partial charge in [-0.15, -0.1) is 0 Å². The van der Waals surface area contributed by atoms with E-state index in [2.05, 4.69) is 45.4 Å². The van der Waals surface area contributed by atoms with Crippen molar-refractivity contribution in [3.8, 4) is 0 Å². The van der Waals surface area contributed by atoms with Crippen LogP contribution in [0.5, 0.6) is 0 Å². The number of benzene rings is 1. The number of likely N-dealkylation sites (N-methyl/N-ethyl adjacent to an activating group) is 1. The van der Waals surface area contributed by atoms with E-state index in [0.717, 1.165) is 20.9 Å². The lowest BCUT2D eigenvalue weighted by Gasteiger charge is -2.14. The van der Waals surface area contributed by atoms with Crippen LogP contribution in [0.1, 0.15) is 24.2 Å². The number of carbonyl (C=O) groups is 1. The van der Waals surface area contributed by atoms with Crippen LogP contribution in [-0.4, -0.2) is 30.0 Å². The Bertz CT molecular complexity index is 649. The molecule has 0 aliphatic carbocycles. The van der Waals surface area contributed by atoms with Crippen molar-refractivity contribution < 1.29 is 4.79 Å². The molecule has 122 valence electrons. The van der Waals surface area contributed by atoms with E-state index in [1.54, 1.807) is 6.20 Å². The number of hydrogen-bond acceptors (Lipinski definition) is 4. The number of carbonyl (C=O) groups excluding carboxylic acids is 1. The van der Waals surface area contributed by atoms with Gasteiger partial charge in [0.1, 0.15) is 5.03 Å². The number of amides is 1. The van der Waals surface area contributed by atoms with Gasteiger partial charge in [0.15, 0.2) is 0 Å². The molecule has 1 aromatic carbocycles. The van der Waals surface area contributed by atoms with E-state index in [1.807, 2.05) is 36.4 Å². The van der Waals surface area contributed by atoms with Crippen molar-refractivity contribution >= 4 is 33.6 Å². The van der Waals surface area contributed by atoms with Gasteiger partial charge in [0.2, 0.25) is 0 Å². The first kappa shape index (κ1) is 18.0. The van der Waals surface area contributed by atoms with Crippen LogP contribution in [-0.2, 0) is 0 Å². The highest BCUT2D eigenvalue weighted by Crippen LogP contribution is 2.29. The van der Waals surface area contributed by atoms with Gasteiger partial charge in [-0.1, -0.05) is 30.8 Å². The molecule has 2 rings (SSSR count). The molecular weight excluding hydrogens is 374 g/mol. The number of aromatic nitrogens is 1. The van der Waals surface area contributed by atoms with Crippen LogP contribution in [0.15, 0.2) is 57.0 Å². The van der Waals surface area contributed by atoms with Crippen LogP contribution in [0.4, 0.5) is 0 Å². The zero-order valence-corrected chi connectivity index (χ0v) is 15.6. The highest BCUT2D eigenvalue weighted by molar-refractivity contribution is 9.10. The molecule has 1 heterocycles. The zero-order valence-electron chi connectivity index (χ0n) is 13.2. The molecule has 2 aromatic rings. The van der Waals surface area contributed by atoms with Gasteiger partial charge in [-0.2, -0.15) is 0 Å². The summed E-state index contributed by atoms with van der Waals surface area (Å²) in [4.78, 5) is 17.7. The predicted octanol–water partition coefficient (Wildman–Crippen LogP) is 3.72. The molecule has 1 amide bonds. The van der Waals surface area contributed by atoms with E-state index >= 15 is 0 Å². The highest BCUT2D eigenvalue weighted by atomic mass is 79.9. The number of nitrogens with zero attached hydrogens (tertiary/aromatic N) is 1. The van der Waals surface area contributed by atoms with E-state index < -0.39 is 0 Å². The molecule has 1 atom stereocenters. The Morgan fingerprint density at radius 1 is 1.30 bits per heavy atom. The summed E-state index contributed by atoms with van der Waals surface area (Å²) in [6.45, 7) is 5.59. The fourth-order valence-corrected chi connectivity index (χ4v) is 3.16. The number of rotatable bonds is 7. The minimum atomic E-state index is -0.0602. The van der Waals surface area contributed by atoms with Crippen molar-refractivity contribution in [2.75, 3.05) is 13.1 Å². The average Bonchev–Trinajstić information content (AvgIpc) is 2.55. The van der Waals surface area contributed by atoms with Crippen molar-refractivity contribution in [1.82, 2.24) is 15.6 Å². The molecule has 0 unspecified atom stereocenters. The predicted molar refractivity (Wildman–Crippen MR) is 98.0 cm³/mol. The summed E-state index contributed by atoms with van der Waals surface area (Å²) in [5.74, 6) is -0.0602. The Balaban J connectivity index is 2.07. The summed E-state index contributed by atoms with van der Waals surface area (Å²) >= 11 is 4.86. The Kier molecular flexibility index (Phi) is 7.08. The Hall–Kier alpha value is -1.37. The monoisotopic (exact) mass is 393 g/mol. The van der Waals surface area contributed by atoms with Gasteiger partial charge >= 0.3 is 0 Å². The second-order valence-corrected chi connectivity index (χ2v) is 7.06. The molecule has 0 fully saturated rings. The maximum atomic E-state index is 12.4. The molecule has 0 saturated carbocycles. The number of nitrogens with one attached hydrogen (secondary N) is 2. The molecule has 4 nitrogen and oxygen atoms in total. The topological polar surface area (TPSA) is 54.0 Å². The van der Waals surface area contributed by atoms with Crippen molar-refractivity contribution in [3.05, 3.63) is 52.6 Å². The number of halogens is 1. The third-order valence-electron chi connectivity index (χ3n) is 3.17. The van der Waals surface area contributed by atoms with Crippen LogP contribution in [0.3, 0.4) is 0 Å². The van der Waals surface area contributed by atoms with E-state index in [-0.39, 0.29) is 11.9 Å². The van der Waals surface area contributed by atoms with Gasteiger partial charge in [-0.05, 0) is 53.7 Å². The van der Waals surface area contributed by atoms with Crippen molar-refractivity contribution in [3.63, 3.8) is 0 Å². The SMILES string of the molecule is CCN[C@H](C)CNC(=O)c1ccccc1Sc1ccc(Br)cn1. The largest absolute Gasteiger partial charge is 0.350 e. The maximum Gasteiger partial charge on any atom is 0.252 e. The van der Waals surface area contributed by atoms with Crippen molar-refractivity contribution in [2.24, 2.45) is 0 Å². The molecule has 0 radical (unpaired) electrons. The van der Waals surface area contributed by atoms with Crippen LogP contribution in [0, 0.1) is 0 Å². The molecule has 23 heavy (non-hydrogen) atoms. The van der Waals surface area contributed by atoms with Gasteiger partial charge in [-0.25, -0.2) is 4.98 Å². The lowest BCUT2D eigenvalue weighted by molar-refractivity contribution is 0.0947. The third kappa shape index (κ3) is 5.64. The van der Waals surface area contributed by atoms with Gasteiger partial charge in [-0.3, -0.25) is 4.79 Å². The first-order valence-electron chi connectivity index (χ1n) is 7.50. The maximum absolute atomic E-state index is 12.4. The van der Waals surface area contributed by atoms with Crippen LogP contribution in [0.2, 0.25) is 0 Å². The van der Waals surface area contributed by atoms with E-state index in [9.17, 15) is 4.79 Å². The fourth-order valence-electron chi connectivity index (χ4n) is 2.04. The van der Waals surface area contributed by atoms with Gasteiger partial charge in [0.05, 0.1) is 5.56 Å². The Morgan fingerprint density at radius 3 is 2.78 bits per heavy atom. The first-order chi connectivity index (χ1) is 11.1. The standard InChI is InChI=1S/C17H20BrN3OS/c1-3-19-12(2)10-21-17(22)14-6-4-5-7-15(14)23-16-9-8-13(18)11-20-16/h4-9,11-12,19H,3,10H2,1-2H3,(H,21,22)/t12-/m1/s1. The fraction of sp³-hybridized carbons (Fsp3) is 0.294. The molecule has 1 aromatic heterocycles. The van der Waals surface area contributed by atoms with Crippen molar-refractivity contribution in [1.29, 1.82) is 0 Å². The van der Waals surface area contributed by atoms with Crippen LogP contribution in [0.25, 0.3) is 0 Å². The van der Waals surface area contributed by atoms with E-state index in [0.29, 0.717) is 12.1 Å². The molecule has 0 aliphatic rings. The molecule has 0 saturated heterocycles.